The van der Waals surface area contributed by atoms with Crippen molar-refractivity contribution in [2.75, 3.05) is 13.1 Å². The molecule has 0 unspecified atom stereocenters. The van der Waals surface area contributed by atoms with Gasteiger partial charge in [-0.25, -0.2) is 0 Å². The lowest BCUT2D eigenvalue weighted by Crippen LogP contribution is -2.33. The van der Waals surface area contributed by atoms with E-state index >= 15 is 0 Å². The number of halogens is 2. The Morgan fingerprint density at radius 1 is 1.59 bits per heavy atom. The normalized spacial score (nSPS) is 10.3. The van der Waals surface area contributed by atoms with Crippen LogP contribution in [0.1, 0.15) is 23.7 Å². The molecule has 3 nitrogen and oxygen atoms in total. The molecule has 1 rings (SSSR count). The summed E-state index contributed by atoms with van der Waals surface area (Å²) in [4.78, 5) is 14.4. The predicted molar refractivity (Wildman–Crippen MR) is 82.7 cm³/mol. The molecule has 17 heavy (non-hydrogen) atoms. The van der Waals surface area contributed by atoms with Crippen LogP contribution in [0, 0.1) is 0 Å². The molecule has 0 aliphatic rings. The predicted octanol–water partition coefficient (Wildman–Crippen LogP) is 3.41. The molecule has 0 fully saturated rings. The molecule has 2 N–H and O–H groups in total. The quantitative estimate of drug-likeness (QED) is 0.771. The third kappa shape index (κ3) is 4.31. The highest BCUT2D eigenvalue weighted by molar-refractivity contribution is 9.12. The van der Waals surface area contributed by atoms with Crippen molar-refractivity contribution in [2.45, 2.75) is 13.3 Å². The van der Waals surface area contributed by atoms with E-state index in [9.17, 15) is 4.79 Å². The zero-order valence-corrected chi connectivity index (χ0v) is 14.0. The van der Waals surface area contributed by atoms with Crippen molar-refractivity contribution < 1.29 is 4.79 Å². The number of hydrogen-bond acceptors (Lipinski definition) is 3. The zero-order valence-electron chi connectivity index (χ0n) is 9.20. The molecule has 0 bridgehead atoms. The SMILES string of the molecule is CCN(CCC(N)=S)C(=O)c1cc(Br)sc1Br. The number of nitrogens with two attached hydrogens (primary N) is 1. The van der Waals surface area contributed by atoms with Gasteiger partial charge in [0.05, 0.1) is 18.1 Å². The highest BCUT2D eigenvalue weighted by atomic mass is 79.9. The van der Waals surface area contributed by atoms with Crippen LogP contribution in [0.4, 0.5) is 0 Å². The lowest BCUT2D eigenvalue weighted by atomic mass is 10.2. The van der Waals surface area contributed by atoms with Gasteiger partial charge in [-0.3, -0.25) is 4.79 Å². The molecule has 1 aromatic rings. The summed E-state index contributed by atoms with van der Waals surface area (Å²) in [6.45, 7) is 3.14. The van der Waals surface area contributed by atoms with Gasteiger partial charge >= 0.3 is 0 Å². The van der Waals surface area contributed by atoms with Crippen LogP contribution in [0.15, 0.2) is 13.6 Å². The van der Waals surface area contributed by atoms with Crippen LogP contribution in [0.3, 0.4) is 0 Å². The third-order valence-electron chi connectivity index (χ3n) is 2.18. The van der Waals surface area contributed by atoms with E-state index in [0.29, 0.717) is 30.1 Å². The molecular formula is C10H12Br2N2OS2. The largest absolute Gasteiger partial charge is 0.393 e. The first-order valence-electron chi connectivity index (χ1n) is 4.98. The van der Waals surface area contributed by atoms with E-state index in [1.807, 2.05) is 13.0 Å². The van der Waals surface area contributed by atoms with Crippen molar-refractivity contribution >= 4 is 66.3 Å². The van der Waals surface area contributed by atoms with Gasteiger partial charge < -0.3 is 10.6 Å². The fraction of sp³-hybridized carbons (Fsp3) is 0.400. The Morgan fingerprint density at radius 2 is 2.24 bits per heavy atom. The molecule has 1 aromatic heterocycles. The Morgan fingerprint density at radius 3 is 2.65 bits per heavy atom. The van der Waals surface area contributed by atoms with Crippen LogP contribution in [-0.2, 0) is 0 Å². The summed E-state index contributed by atoms with van der Waals surface area (Å²) in [6.07, 6.45) is 0.553. The van der Waals surface area contributed by atoms with Gasteiger partial charge in [-0.1, -0.05) is 12.2 Å². The average molecular weight is 400 g/mol. The van der Waals surface area contributed by atoms with Crippen molar-refractivity contribution in [3.8, 4) is 0 Å². The molecule has 0 aliphatic carbocycles. The summed E-state index contributed by atoms with van der Waals surface area (Å²) in [7, 11) is 0. The maximum atomic E-state index is 12.2. The van der Waals surface area contributed by atoms with Crippen LogP contribution in [0.2, 0.25) is 0 Å². The molecule has 0 saturated heterocycles. The highest BCUT2D eigenvalue weighted by Crippen LogP contribution is 2.32. The van der Waals surface area contributed by atoms with Crippen molar-refractivity contribution in [1.29, 1.82) is 0 Å². The number of thiocarbonyl (C=S) groups is 1. The lowest BCUT2D eigenvalue weighted by Gasteiger charge is -2.20. The smallest absolute Gasteiger partial charge is 0.255 e. The van der Waals surface area contributed by atoms with E-state index in [4.69, 9.17) is 18.0 Å². The fourth-order valence-electron chi connectivity index (χ4n) is 1.30. The van der Waals surface area contributed by atoms with E-state index in [1.54, 1.807) is 4.90 Å². The summed E-state index contributed by atoms with van der Waals surface area (Å²) >= 11 is 13.1. The molecule has 94 valence electrons. The monoisotopic (exact) mass is 398 g/mol. The van der Waals surface area contributed by atoms with E-state index in [-0.39, 0.29) is 5.91 Å². The van der Waals surface area contributed by atoms with Crippen LogP contribution < -0.4 is 5.73 Å². The molecule has 1 amide bonds. The number of nitrogens with zero attached hydrogens (tertiary/aromatic N) is 1. The zero-order chi connectivity index (χ0) is 13.0. The molecule has 0 atom stereocenters. The van der Waals surface area contributed by atoms with Crippen LogP contribution >= 0.6 is 55.4 Å². The first-order chi connectivity index (χ1) is 7.95. The molecule has 0 radical (unpaired) electrons. The third-order valence-corrected chi connectivity index (χ3v) is 4.73. The second kappa shape index (κ2) is 6.82. The van der Waals surface area contributed by atoms with Crippen molar-refractivity contribution in [1.82, 2.24) is 4.90 Å². The topological polar surface area (TPSA) is 46.3 Å². The minimum Gasteiger partial charge on any atom is -0.393 e. The number of thiophene rings is 1. The number of amides is 1. The fourth-order valence-corrected chi connectivity index (χ4v) is 4.17. The molecule has 0 aliphatic heterocycles. The summed E-state index contributed by atoms with van der Waals surface area (Å²) in [5.74, 6) is -0.00225. The van der Waals surface area contributed by atoms with Crippen molar-refractivity contribution in [2.24, 2.45) is 5.73 Å². The average Bonchev–Trinajstić information content (AvgIpc) is 2.58. The van der Waals surface area contributed by atoms with Crippen LogP contribution in [0.5, 0.6) is 0 Å². The Hall–Kier alpha value is 0.0200. The standard InChI is InChI=1S/C10H12Br2N2OS2/c1-2-14(4-3-8(13)16)10(15)6-5-7(11)17-9(6)12/h5H,2-4H2,1H3,(H2,13,16). The van der Waals surface area contributed by atoms with Gasteiger partial charge in [0.2, 0.25) is 0 Å². The Labute approximate surface area is 127 Å². The maximum absolute atomic E-state index is 12.2. The van der Waals surface area contributed by atoms with Crippen molar-refractivity contribution in [3.05, 3.63) is 19.2 Å². The van der Waals surface area contributed by atoms with E-state index in [0.717, 1.165) is 7.57 Å². The minimum atomic E-state index is -0.00225. The molecular weight excluding hydrogens is 388 g/mol. The highest BCUT2D eigenvalue weighted by Gasteiger charge is 2.19. The Kier molecular flexibility index (Phi) is 6.05. The number of hydrogen-bond donors (Lipinski definition) is 1. The van der Waals surface area contributed by atoms with Gasteiger partial charge in [0.25, 0.3) is 5.91 Å². The summed E-state index contributed by atoms with van der Waals surface area (Å²) in [5.41, 5.74) is 6.12. The maximum Gasteiger partial charge on any atom is 0.255 e. The molecule has 0 aromatic carbocycles. The molecule has 0 spiro atoms. The molecule has 7 heteroatoms. The van der Waals surface area contributed by atoms with Gasteiger partial charge in [-0.2, -0.15) is 0 Å². The molecule has 1 heterocycles. The minimum absolute atomic E-state index is 0.00225. The lowest BCUT2D eigenvalue weighted by molar-refractivity contribution is 0.0768. The van der Waals surface area contributed by atoms with Gasteiger partial charge in [-0.05, 0) is 44.8 Å². The molecule has 0 saturated carbocycles. The Bertz CT molecular complexity index is 434. The Balaban J connectivity index is 2.79. The van der Waals surface area contributed by atoms with Gasteiger partial charge in [0.15, 0.2) is 0 Å². The van der Waals surface area contributed by atoms with E-state index in [1.165, 1.54) is 11.3 Å². The van der Waals surface area contributed by atoms with Crippen LogP contribution in [-0.4, -0.2) is 28.9 Å². The summed E-state index contributed by atoms with van der Waals surface area (Å²) < 4.78 is 1.77. The van der Waals surface area contributed by atoms with Crippen molar-refractivity contribution in [3.63, 3.8) is 0 Å². The number of rotatable bonds is 5. The summed E-state index contributed by atoms with van der Waals surface area (Å²) in [6, 6.07) is 1.82. The number of carbonyl (C=O) groups is 1. The number of carbonyl (C=O) groups excluding carboxylic acids is 1. The van der Waals surface area contributed by atoms with E-state index in [2.05, 4.69) is 31.9 Å². The van der Waals surface area contributed by atoms with E-state index < -0.39 is 0 Å². The first-order valence-corrected chi connectivity index (χ1v) is 7.79. The second-order valence-corrected chi connectivity index (χ2v) is 7.61. The van der Waals surface area contributed by atoms with Gasteiger partial charge in [0, 0.05) is 19.5 Å². The summed E-state index contributed by atoms with van der Waals surface area (Å²) in [5, 5.41) is 0. The second-order valence-electron chi connectivity index (χ2n) is 3.34. The van der Waals surface area contributed by atoms with Gasteiger partial charge in [0.1, 0.15) is 0 Å². The van der Waals surface area contributed by atoms with Crippen LogP contribution in [0.25, 0.3) is 0 Å². The van der Waals surface area contributed by atoms with Gasteiger partial charge in [-0.15, -0.1) is 11.3 Å². The first kappa shape index (κ1) is 15.1.